The molecule has 0 fully saturated rings. The molecule has 4 aromatic rings. The Morgan fingerprint density at radius 1 is 1.03 bits per heavy atom. The number of ether oxygens (including phenoxy) is 1. The molecule has 0 bridgehead atoms. The summed E-state index contributed by atoms with van der Waals surface area (Å²) in [6, 6.07) is 15.7. The highest BCUT2D eigenvalue weighted by Gasteiger charge is 2.16. The van der Waals surface area contributed by atoms with Crippen LogP contribution in [0.1, 0.15) is 16.9 Å². The minimum absolute atomic E-state index is 0.0665. The SMILES string of the molecule is COc1ccc(NC(=O)CCNc2ncnc3sc(C)c(-c4ccc(C)cc4)c23)cc1. The van der Waals surface area contributed by atoms with Crippen LogP contribution in [-0.2, 0) is 4.79 Å². The first kappa shape index (κ1) is 20.8. The van der Waals surface area contributed by atoms with Crippen LogP contribution < -0.4 is 15.4 Å². The first-order valence-electron chi connectivity index (χ1n) is 10.0. The fourth-order valence-electron chi connectivity index (χ4n) is 3.44. The summed E-state index contributed by atoms with van der Waals surface area (Å²) in [5.41, 5.74) is 4.25. The number of carbonyl (C=O) groups excluding carboxylic acids is 1. The van der Waals surface area contributed by atoms with Gasteiger partial charge < -0.3 is 15.4 Å². The molecule has 0 atom stereocenters. The molecule has 0 radical (unpaired) electrons. The molecule has 7 heteroatoms. The van der Waals surface area contributed by atoms with Gasteiger partial charge >= 0.3 is 0 Å². The normalized spacial score (nSPS) is 10.8. The van der Waals surface area contributed by atoms with Crippen molar-refractivity contribution in [2.45, 2.75) is 20.3 Å². The second-order valence-electron chi connectivity index (χ2n) is 7.26. The molecule has 0 spiro atoms. The molecule has 2 N–H and O–H groups in total. The number of anilines is 2. The molecule has 0 aliphatic heterocycles. The topological polar surface area (TPSA) is 76.1 Å². The second-order valence-corrected chi connectivity index (χ2v) is 8.46. The molecule has 1 amide bonds. The van der Waals surface area contributed by atoms with Crippen molar-refractivity contribution in [3.05, 3.63) is 65.3 Å². The van der Waals surface area contributed by atoms with E-state index in [-0.39, 0.29) is 5.91 Å². The highest BCUT2D eigenvalue weighted by molar-refractivity contribution is 7.19. The van der Waals surface area contributed by atoms with E-state index in [0.29, 0.717) is 13.0 Å². The van der Waals surface area contributed by atoms with Gasteiger partial charge in [0.25, 0.3) is 0 Å². The lowest BCUT2D eigenvalue weighted by Gasteiger charge is -2.10. The van der Waals surface area contributed by atoms with Crippen LogP contribution in [0, 0.1) is 13.8 Å². The van der Waals surface area contributed by atoms with Crippen molar-refractivity contribution in [3.63, 3.8) is 0 Å². The first-order valence-corrected chi connectivity index (χ1v) is 10.9. The predicted octanol–water partition coefficient (Wildman–Crippen LogP) is 5.42. The molecule has 0 saturated heterocycles. The summed E-state index contributed by atoms with van der Waals surface area (Å²) in [5, 5.41) is 7.23. The number of thiophene rings is 1. The zero-order chi connectivity index (χ0) is 21.8. The largest absolute Gasteiger partial charge is 0.497 e. The number of benzene rings is 2. The van der Waals surface area contributed by atoms with Gasteiger partial charge in [-0.2, -0.15) is 0 Å². The van der Waals surface area contributed by atoms with Crippen LogP contribution in [-0.4, -0.2) is 29.5 Å². The van der Waals surface area contributed by atoms with Crippen LogP contribution in [0.2, 0.25) is 0 Å². The third kappa shape index (κ3) is 4.67. The van der Waals surface area contributed by atoms with Gasteiger partial charge in [-0.3, -0.25) is 4.79 Å². The van der Waals surface area contributed by atoms with Crippen LogP contribution in [0.4, 0.5) is 11.5 Å². The molecule has 2 aromatic carbocycles. The number of amides is 1. The number of nitrogens with one attached hydrogen (secondary N) is 2. The molecule has 0 aliphatic rings. The molecular weight excluding hydrogens is 408 g/mol. The number of aryl methyl sites for hydroxylation is 2. The standard InChI is InChI=1S/C24H24N4O2S/c1-15-4-6-17(7-5-15)21-16(2)31-24-22(21)23(26-14-27-24)25-13-12-20(29)28-18-8-10-19(30-3)11-9-18/h4-11,14H,12-13H2,1-3H3,(H,28,29)(H,25,26,27). The predicted molar refractivity (Wildman–Crippen MR) is 127 cm³/mol. The van der Waals surface area contributed by atoms with E-state index >= 15 is 0 Å². The third-order valence-electron chi connectivity index (χ3n) is 5.02. The summed E-state index contributed by atoms with van der Waals surface area (Å²) in [4.78, 5) is 23.4. The van der Waals surface area contributed by atoms with E-state index in [2.05, 4.69) is 58.7 Å². The average Bonchev–Trinajstić information content (AvgIpc) is 3.11. The van der Waals surface area contributed by atoms with Crippen molar-refractivity contribution >= 4 is 39.0 Å². The highest BCUT2D eigenvalue weighted by Crippen LogP contribution is 2.40. The molecule has 31 heavy (non-hydrogen) atoms. The van der Waals surface area contributed by atoms with Crippen molar-refractivity contribution in [1.82, 2.24) is 9.97 Å². The van der Waals surface area contributed by atoms with E-state index in [9.17, 15) is 4.79 Å². The van der Waals surface area contributed by atoms with Crippen molar-refractivity contribution in [2.24, 2.45) is 0 Å². The fourth-order valence-corrected chi connectivity index (χ4v) is 4.45. The Hall–Kier alpha value is -3.45. The van der Waals surface area contributed by atoms with Crippen LogP contribution in [0.15, 0.2) is 54.9 Å². The first-order chi connectivity index (χ1) is 15.0. The molecule has 4 rings (SSSR count). The second kappa shape index (κ2) is 9.14. The summed E-state index contributed by atoms with van der Waals surface area (Å²) in [7, 11) is 1.61. The van der Waals surface area contributed by atoms with Gasteiger partial charge in [0.2, 0.25) is 5.91 Å². The Kier molecular flexibility index (Phi) is 6.13. The van der Waals surface area contributed by atoms with Crippen molar-refractivity contribution in [3.8, 4) is 16.9 Å². The quantitative estimate of drug-likeness (QED) is 0.408. The Balaban J connectivity index is 1.48. The zero-order valence-corrected chi connectivity index (χ0v) is 18.5. The Morgan fingerprint density at radius 3 is 2.48 bits per heavy atom. The Bertz CT molecular complexity index is 1200. The maximum absolute atomic E-state index is 12.3. The maximum atomic E-state index is 12.3. The van der Waals surface area contributed by atoms with Gasteiger partial charge in [0.15, 0.2) is 0 Å². The van der Waals surface area contributed by atoms with Crippen LogP contribution in [0.5, 0.6) is 5.75 Å². The Labute approximate surface area is 185 Å². The summed E-state index contributed by atoms with van der Waals surface area (Å²) in [6.45, 7) is 4.65. The summed E-state index contributed by atoms with van der Waals surface area (Å²) in [5.74, 6) is 1.44. The average molecular weight is 433 g/mol. The smallest absolute Gasteiger partial charge is 0.226 e. The lowest BCUT2D eigenvalue weighted by atomic mass is 10.0. The van der Waals surface area contributed by atoms with Crippen molar-refractivity contribution in [2.75, 3.05) is 24.3 Å². The van der Waals surface area contributed by atoms with Gasteiger partial charge in [0.05, 0.1) is 12.5 Å². The number of aromatic nitrogens is 2. The number of hydrogen-bond donors (Lipinski definition) is 2. The summed E-state index contributed by atoms with van der Waals surface area (Å²) >= 11 is 1.66. The molecule has 0 saturated carbocycles. The zero-order valence-electron chi connectivity index (χ0n) is 17.7. The van der Waals surface area contributed by atoms with Crippen molar-refractivity contribution in [1.29, 1.82) is 0 Å². The number of methoxy groups -OCH3 is 1. The molecule has 0 unspecified atom stereocenters. The number of fused-ring (bicyclic) bond motifs is 1. The van der Waals surface area contributed by atoms with E-state index in [1.54, 1.807) is 24.8 Å². The van der Waals surface area contributed by atoms with E-state index in [4.69, 9.17) is 4.74 Å². The molecule has 2 heterocycles. The van der Waals surface area contributed by atoms with E-state index in [0.717, 1.165) is 38.6 Å². The van der Waals surface area contributed by atoms with Gasteiger partial charge in [-0.15, -0.1) is 11.3 Å². The number of carbonyl (C=O) groups is 1. The van der Waals surface area contributed by atoms with Gasteiger partial charge in [0.1, 0.15) is 22.7 Å². The minimum Gasteiger partial charge on any atom is -0.497 e. The van der Waals surface area contributed by atoms with Gasteiger partial charge in [-0.05, 0) is 43.7 Å². The molecule has 158 valence electrons. The van der Waals surface area contributed by atoms with Crippen LogP contribution >= 0.6 is 11.3 Å². The summed E-state index contributed by atoms with van der Waals surface area (Å²) < 4.78 is 5.14. The fraction of sp³-hybridized carbons (Fsp3) is 0.208. The van der Waals surface area contributed by atoms with Gasteiger partial charge in [-0.25, -0.2) is 9.97 Å². The van der Waals surface area contributed by atoms with E-state index in [1.807, 2.05) is 24.3 Å². The highest BCUT2D eigenvalue weighted by atomic mass is 32.1. The molecule has 2 aromatic heterocycles. The van der Waals surface area contributed by atoms with Gasteiger partial charge in [-0.1, -0.05) is 29.8 Å². The van der Waals surface area contributed by atoms with Crippen LogP contribution in [0.3, 0.4) is 0 Å². The monoisotopic (exact) mass is 432 g/mol. The Morgan fingerprint density at radius 2 is 1.77 bits per heavy atom. The number of hydrogen-bond acceptors (Lipinski definition) is 6. The lowest BCUT2D eigenvalue weighted by molar-refractivity contribution is -0.115. The maximum Gasteiger partial charge on any atom is 0.226 e. The summed E-state index contributed by atoms with van der Waals surface area (Å²) in [6.07, 6.45) is 1.89. The van der Waals surface area contributed by atoms with Crippen molar-refractivity contribution < 1.29 is 9.53 Å². The molecule has 6 nitrogen and oxygen atoms in total. The molecular formula is C24H24N4O2S. The van der Waals surface area contributed by atoms with E-state index < -0.39 is 0 Å². The molecule has 0 aliphatic carbocycles. The lowest BCUT2D eigenvalue weighted by Crippen LogP contribution is -2.16. The third-order valence-corrected chi connectivity index (χ3v) is 6.04. The number of rotatable bonds is 7. The van der Waals surface area contributed by atoms with Gasteiger partial charge in [0, 0.05) is 29.1 Å². The van der Waals surface area contributed by atoms with Crippen LogP contribution in [0.25, 0.3) is 21.3 Å². The van der Waals surface area contributed by atoms with E-state index in [1.165, 1.54) is 10.4 Å². The minimum atomic E-state index is -0.0665. The number of nitrogens with zero attached hydrogens (tertiary/aromatic N) is 2.